The van der Waals surface area contributed by atoms with Crippen molar-refractivity contribution in [3.05, 3.63) is 0 Å². The summed E-state index contributed by atoms with van der Waals surface area (Å²) in [5, 5.41) is 0. The fourth-order valence-electron chi connectivity index (χ4n) is 2.04. The van der Waals surface area contributed by atoms with Crippen LogP contribution < -0.4 is 0 Å². The molecule has 0 fully saturated rings. The van der Waals surface area contributed by atoms with Crippen LogP contribution in [0, 0.1) is 0 Å². The maximum atomic E-state index is 5.82. The molecule has 0 saturated heterocycles. The molecule has 22 heavy (non-hydrogen) atoms. The summed E-state index contributed by atoms with van der Waals surface area (Å²) in [4.78, 5) is 0. The Morgan fingerprint density at radius 3 is 2.00 bits per heavy atom. The molecule has 0 aromatic heterocycles. The number of unbranched alkanes of at least 4 members (excludes halogenated alkanes) is 2. The number of ether oxygens (including phenoxy) is 1. The quantitative estimate of drug-likeness (QED) is 0.209. The molecule has 0 saturated carbocycles. The van der Waals surface area contributed by atoms with Gasteiger partial charge in [-0.1, -0.05) is 19.8 Å². The molecule has 0 aromatic rings. The lowest BCUT2D eigenvalue weighted by molar-refractivity contribution is 0.0696. The summed E-state index contributed by atoms with van der Waals surface area (Å²) in [5.41, 5.74) is 0. The second-order valence-corrected chi connectivity index (χ2v) is 9.47. The van der Waals surface area contributed by atoms with Gasteiger partial charge in [0.05, 0.1) is 6.61 Å². The first kappa shape index (κ1) is 22.6. The highest BCUT2D eigenvalue weighted by molar-refractivity contribution is 8.17. The van der Waals surface area contributed by atoms with Gasteiger partial charge in [0.25, 0.3) is 0 Å². The van der Waals surface area contributed by atoms with Crippen LogP contribution in [0.1, 0.15) is 53.4 Å². The Morgan fingerprint density at radius 1 is 0.909 bits per heavy atom. The summed E-state index contributed by atoms with van der Waals surface area (Å²) in [6.45, 7) is 10.6. The van der Waals surface area contributed by atoms with Gasteiger partial charge in [-0.25, -0.2) is 0 Å². The monoisotopic (exact) mass is 370 g/mol. The van der Waals surface area contributed by atoms with E-state index in [9.17, 15) is 0 Å². The SMILES string of the molecule is CCCCC[SH]=C(S)OCCC[Si](OCC)(OCC)OCC. The van der Waals surface area contributed by atoms with Crippen molar-refractivity contribution in [2.24, 2.45) is 0 Å². The van der Waals surface area contributed by atoms with Crippen molar-refractivity contribution in [1.29, 1.82) is 0 Å². The maximum absolute atomic E-state index is 5.82. The second-order valence-electron chi connectivity index (χ2n) is 4.81. The first-order valence-corrected chi connectivity index (χ1v) is 11.9. The molecule has 0 aliphatic rings. The molecule has 0 bridgehead atoms. The predicted molar refractivity (Wildman–Crippen MR) is 103 cm³/mol. The van der Waals surface area contributed by atoms with Crippen LogP contribution in [-0.2, 0) is 18.0 Å². The Bertz CT molecular complexity index is 274. The predicted octanol–water partition coefficient (Wildman–Crippen LogP) is 4.11. The van der Waals surface area contributed by atoms with Crippen LogP contribution in [0.15, 0.2) is 0 Å². The second kappa shape index (κ2) is 15.2. The molecule has 0 amide bonds. The van der Waals surface area contributed by atoms with Crippen molar-refractivity contribution in [1.82, 2.24) is 0 Å². The third-order valence-electron chi connectivity index (χ3n) is 2.96. The molecule has 0 rings (SSSR count). The van der Waals surface area contributed by atoms with Gasteiger partial charge in [-0.15, -0.1) is 12.6 Å². The van der Waals surface area contributed by atoms with Crippen molar-refractivity contribution in [3.63, 3.8) is 0 Å². The van der Waals surface area contributed by atoms with Crippen molar-refractivity contribution < 1.29 is 18.0 Å². The number of hydrogen-bond donors (Lipinski definition) is 2. The first-order chi connectivity index (χ1) is 10.6. The molecule has 4 nitrogen and oxygen atoms in total. The summed E-state index contributed by atoms with van der Waals surface area (Å²) in [5.74, 6) is 1.13. The molecule has 0 unspecified atom stereocenters. The van der Waals surface area contributed by atoms with Crippen molar-refractivity contribution >= 4 is 37.2 Å². The minimum absolute atomic E-state index is 0.618. The van der Waals surface area contributed by atoms with Crippen LogP contribution in [0.4, 0.5) is 0 Å². The van der Waals surface area contributed by atoms with Crippen molar-refractivity contribution in [2.75, 3.05) is 32.2 Å². The molecule has 0 radical (unpaired) electrons. The molecule has 0 aliphatic carbocycles. The van der Waals surface area contributed by atoms with E-state index in [0.29, 0.717) is 26.4 Å². The number of hydrogen-bond acceptors (Lipinski definition) is 4. The molecule has 0 N–H and O–H groups in total. The van der Waals surface area contributed by atoms with Crippen molar-refractivity contribution in [2.45, 2.75) is 59.4 Å². The van der Waals surface area contributed by atoms with E-state index in [0.717, 1.165) is 22.6 Å². The van der Waals surface area contributed by atoms with Gasteiger partial charge in [-0.2, -0.15) is 11.4 Å². The van der Waals surface area contributed by atoms with E-state index in [1.807, 2.05) is 20.8 Å². The van der Waals surface area contributed by atoms with Gasteiger partial charge in [0.15, 0.2) is 0 Å². The van der Waals surface area contributed by atoms with E-state index in [-0.39, 0.29) is 0 Å². The van der Waals surface area contributed by atoms with Gasteiger partial charge < -0.3 is 18.0 Å². The summed E-state index contributed by atoms with van der Waals surface area (Å²) >= 11 is 5.59. The summed E-state index contributed by atoms with van der Waals surface area (Å²) in [6.07, 6.45) is 4.62. The molecule has 0 aromatic carbocycles. The summed E-state index contributed by atoms with van der Waals surface area (Å²) < 4.78 is 24.0. The highest BCUT2D eigenvalue weighted by Crippen LogP contribution is 2.18. The van der Waals surface area contributed by atoms with Gasteiger partial charge >= 0.3 is 8.80 Å². The Hall–Kier alpha value is 0.627. The molecule has 0 heterocycles. The lowest BCUT2D eigenvalue weighted by atomic mass is 10.3. The highest BCUT2D eigenvalue weighted by Gasteiger charge is 2.39. The molecular formula is C15H34O4S2Si. The van der Waals surface area contributed by atoms with E-state index in [1.54, 1.807) is 0 Å². The van der Waals surface area contributed by atoms with E-state index in [4.69, 9.17) is 18.0 Å². The Balaban J connectivity index is 4.10. The number of rotatable bonds is 14. The average molecular weight is 371 g/mol. The van der Waals surface area contributed by atoms with E-state index in [2.05, 4.69) is 19.6 Å². The zero-order valence-electron chi connectivity index (χ0n) is 14.6. The van der Waals surface area contributed by atoms with Crippen molar-refractivity contribution in [3.8, 4) is 0 Å². The van der Waals surface area contributed by atoms with Gasteiger partial charge in [-0.05, 0) is 39.4 Å². The van der Waals surface area contributed by atoms with Crippen LogP contribution >= 0.6 is 24.0 Å². The zero-order valence-corrected chi connectivity index (χ0v) is 17.4. The lowest BCUT2D eigenvalue weighted by Gasteiger charge is -2.28. The minimum Gasteiger partial charge on any atom is -0.374 e. The van der Waals surface area contributed by atoms with E-state index < -0.39 is 8.80 Å². The van der Waals surface area contributed by atoms with Crippen LogP contribution in [-0.4, -0.2) is 45.4 Å². The van der Waals surface area contributed by atoms with Crippen LogP contribution in [0.3, 0.4) is 0 Å². The first-order valence-electron chi connectivity index (χ1n) is 8.42. The van der Waals surface area contributed by atoms with Crippen LogP contribution in [0.2, 0.25) is 6.04 Å². The van der Waals surface area contributed by atoms with Crippen LogP contribution in [0.5, 0.6) is 0 Å². The summed E-state index contributed by atoms with van der Waals surface area (Å²) in [7, 11) is -2.52. The standard InChI is InChI=1S/C15H34O4S2Si/c1-5-9-10-13-21-15(20)16-12-11-14-22(17-6-2,18-7-3)19-8-4/h20-21H,5-14H2,1-4H3. The molecular weight excluding hydrogens is 336 g/mol. The fourth-order valence-corrected chi connectivity index (χ4v) is 5.76. The largest absolute Gasteiger partial charge is 0.501 e. The molecule has 0 atom stereocenters. The normalized spacial score (nSPS) is 13.2. The van der Waals surface area contributed by atoms with E-state index >= 15 is 0 Å². The lowest BCUT2D eigenvalue weighted by Crippen LogP contribution is -2.46. The third-order valence-corrected chi connectivity index (χ3v) is 7.60. The van der Waals surface area contributed by atoms with Crippen LogP contribution in [0.25, 0.3) is 0 Å². The molecule has 134 valence electrons. The highest BCUT2D eigenvalue weighted by atomic mass is 32.2. The molecule has 7 heteroatoms. The Kier molecular flexibility index (Phi) is 15.6. The average Bonchev–Trinajstić information content (AvgIpc) is 2.49. The van der Waals surface area contributed by atoms with E-state index in [1.165, 1.54) is 30.6 Å². The number of thiol groups is 2. The molecule has 0 spiro atoms. The minimum atomic E-state index is -2.52. The Morgan fingerprint density at radius 2 is 1.50 bits per heavy atom. The summed E-state index contributed by atoms with van der Waals surface area (Å²) in [6, 6.07) is 0.788. The van der Waals surface area contributed by atoms with Gasteiger partial charge in [0, 0.05) is 25.9 Å². The fraction of sp³-hybridized carbons (Fsp3) is 0.933. The smallest absolute Gasteiger partial charge is 0.374 e. The van der Waals surface area contributed by atoms with Gasteiger partial charge in [0.2, 0.25) is 0 Å². The Labute approximate surface area is 147 Å². The topological polar surface area (TPSA) is 36.9 Å². The van der Waals surface area contributed by atoms with Gasteiger partial charge in [0.1, 0.15) is 4.38 Å². The molecule has 0 aliphatic heterocycles. The zero-order chi connectivity index (χ0) is 16.7. The maximum Gasteiger partial charge on any atom is 0.501 e. The third kappa shape index (κ3) is 11.2. The van der Waals surface area contributed by atoms with Gasteiger partial charge in [-0.3, -0.25) is 0 Å².